The lowest BCUT2D eigenvalue weighted by atomic mass is 10.2. The van der Waals surface area contributed by atoms with Crippen molar-refractivity contribution in [1.29, 1.82) is 0 Å². The fourth-order valence-electron chi connectivity index (χ4n) is 2.69. The molecule has 8 heteroatoms. The van der Waals surface area contributed by atoms with Crippen molar-refractivity contribution >= 4 is 11.0 Å². The van der Waals surface area contributed by atoms with Crippen LogP contribution in [0, 0.1) is 11.6 Å². The average molecular weight is 353 g/mol. The van der Waals surface area contributed by atoms with Gasteiger partial charge in [0.25, 0.3) is 5.56 Å². The van der Waals surface area contributed by atoms with Crippen molar-refractivity contribution in [2.24, 2.45) is 0 Å². The summed E-state index contributed by atoms with van der Waals surface area (Å²) in [5, 5.41) is 4.53. The van der Waals surface area contributed by atoms with Gasteiger partial charge in [-0.25, -0.2) is 13.8 Å². The first-order valence-electron chi connectivity index (χ1n) is 7.87. The van der Waals surface area contributed by atoms with Crippen LogP contribution >= 0.6 is 0 Å². The van der Waals surface area contributed by atoms with Crippen LogP contribution < -0.4 is 5.56 Å². The fourth-order valence-corrected chi connectivity index (χ4v) is 2.69. The van der Waals surface area contributed by atoms with Gasteiger partial charge in [0.05, 0.1) is 18.8 Å². The maximum atomic E-state index is 13.8. The summed E-state index contributed by atoms with van der Waals surface area (Å²) in [5.74, 6) is -1.41. The molecule has 0 aliphatic heterocycles. The van der Waals surface area contributed by atoms with Crippen molar-refractivity contribution in [2.45, 2.75) is 13.1 Å². The predicted molar refractivity (Wildman–Crippen MR) is 90.6 cm³/mol. The molecule has 1 aromatic carbocycles. The molecule has 0 aliphatic carbocycles. The molecule has 0 amide bonds. The summed E-state index contributed by atoms with van der Waals surface area (Å²) in [5.41, 5.74) is 0.465. The molecule has 0 aliphatic rings. The Morgan fingerprint density at radius 3 is 2.50 bits per heavy atom. The molecule has 0 N–H and O–H groups in total. The van der Waals surface area contributed by atoms with Crippen LogP contribution in [0.3, 0.4) is 0 Å². The summed E-state index contributed by atoms with van der Waals surface area (Å²) in [4.78, 5) is 21.0. The second kappa shape index (κ2) is 6.47. The molecule has 0 bridgehead atoms. The van der Waals surface area contributed by atoms with E-state index in [9.17, 15) is 13.6 Å². The van der Waals surface area contributed by atoms with Gasteiger partial charge in [-0.15, -0.1) is 0 Å². The molecular formula is C18H13F2N5O. The van der Waals surface area contributed by atoms with Crippen molar-refractivity contribution in [3.05, 3.63) is 88.4 Å². The van der Waals surface area contributed by atoms with Gasteiger partial charge in [-0.3, -0.25) is 19.0 Å². The Balaban J connectivity index is 1.70. The van der Waals surface area contributed by atoms with Crippen molar-refractivity contribution < 1.29 is 8.78 Å². The van der Waals surface area contributed by atoms with Crippen LogP contribution in [0.1, 0.15) is 11.3 Å². The van der Waals surface area contributed by atoms with Crippen molar-refractivity contribution in [2.75, 3.05) is 0 Å². The number of hydrogen-bond acceptors (Lipinski definition) is 4. The highest BCUT2D eigenvalue weighted by atomic mass is 19.1. The average Bonchev–Trinajstić information content (AvgIpc) is 3.04. The Labute approximate surface area is 146 Å². The molecule has 0 spiro atoms. The van der Waals surface area contributed by atoms with Gasteiger partial charge in [-0.2, -0.15) is 5.10 Å². The zero-order valence-corrected chi connectivity index (χ0v) is 13.5. The third-order valence-electron chi connectivity index (χ3n) is 3.99. The topological polar surface area (TPSA) is 65.6 Å². The van der Waals surface area contributed by atoms with E-state index in [2.05, 4.69) is 15.1 Å². The number of pyridine rings is 1. The number of aromatic nitrogens is 5. The van der Waals surface area contributed by atoms with E-state index >= 15 is 0 Å². The van der Waals surface area contributed by atoms with E-state index < -0.39 is 17.2 Å². The van der Waals surface area contributed by atoms with Gasteiger partial charge in [-0.05, 0) is 24.3 Å². The smallest absolute Gasteiger partial charge is 0.264 e. The van der Waals surface area contributed by atoms with E-state index in [4.69, 9.17) is 0 Å². The van der Waals surface area contributed by atoms with Crippen LogP contribution in [0.2, 0.25) is 0 Å². The van der Waals surface area contributed by atoms with Crippen molar-refractivity contribution in [3.63, 3.8) is 0 Å². The van der Waals surface area contributed by atoms with E-state index in [0.717, 1.165) is 22.4 Å². The summed E-state index contributed by atoms with van der Waals surface area (Å²) in [7, 11) is 0. The largest absolute Gasteiger partial charge is 0.294 e. The minimum Gasteiger partial charge on any atom is -0.294 e. The minimum absolute atomic E-state index is 0.184. The highest BCUT2D eigenvalue weighted by Crippen LogP contribution is 2.13. The maximum absolute atomic E-state index is 13.8. The Morgan fingerprint density at radius 1 is 0.962 bits per heavy atom. The number of benzene rings is 1. The van der Waals surface area contributed by atoms with E-state index in [-0.39, 0.29) is 23.1 Å². The molecule has 0 atom stereocenters. The molecule has 0 saturated heterocycles. The first-order chi connectivity index (χ1) is 12.6. The molecular weight excluding hydrogens is 340 g/mol. The number of halogens is 2. The summed E-state index contributed by atoms with van der Waals surface area (Å²) in [6.45, 7) is 0.143. The van der Waals surface area contributed by atoms with Crippen LogP contribution in [0.15, 0.2) is 59.9 Å². The Kier molecular flexibility index (Phi) is 4.00. The van der Waals surface area contributed by atoms with Gasteiger partial charge in [0.1, 0.15) is 23.3 Å². The monoisotopic (exact) mass is 353 g/mol. The molecule has 3 heterocycles. The van der Waals surface area contributed by atoms with Gasteiger partial charge in [0.2, 0.25) is 0 Å². The molecule has 0 fully saturated rings. The maximum Gasteiger partial charge on any atom is 0.264 e. The van der Waals surface area contributed by atoms with Gasteiger partial charge in [-0.1, -0.05) is 12.1 Å². The second-order valence-electron chi connectivity index (χ2n) is 5.76. The number of fused-ring (bicyclic) bond motifs is 1. The van der Waals surface area contributed by atoms with Crippen molar-refractivity contribution in [3.8, 4) is 0 Å². The Bertz CT molecular complexity index is 1120. The van der Waals surface area contributed by atoms with Crippen LogP contribution in [-0.2, 0) is 13.1 Å². The molecule has 26 heavy (non-hydrogen) atoms. The zero-order chi connectivity index (χ0) is 18.1. The van der Waals surface area contributed by atoms with E-state index in [1.54, 1.807) is 17.1 Å². The minimum atomic E-state index is -0.706. The lowest BCUT2D eigenvalue weighted by Crippen LogP contribution is -2.21. The molecule has 3 aromatic heterocycles. The molecule has 0 radical (unpaired) electrons. The standard InChI is InChI=1S/C18H13F2N5O/c19-15-5-3-6-16(20)13(15)9-24-11-22-17-14(18(24)26)10-25(23-17)8-12-4-1-2-7-21-12/h1-7,10-11H,8-9H2. The quantitative estimate of drug-likeness (QED) is 0.565. The lowest BCUT2D eigenvalue weighted by Gasteiger charge is -2.07. The normalized spacial score (nSPS) is 11.2. The summed E-state index contributed by atoms with van der Waals surface area (Å²) < 4.78 is 30.4. The third kappa shape index (κ3) is 2.97. The number of hydrogen-bond donors (Lipinski definition) is 0. The van der Waals surface area contributed by atoms with E-state index in [0.29, 0.717) is 6.54 Å². The Morgan fingerprint density at radius 2 is 1.77 bits per heavy atom. The molecule has 6 nitrogen and oxygen atoms in total. The fraction of sp³-hybridized carbons (Fsp3) is 0.111. The van der Waals surface area contributed by atoms with Crippen LogP contribution in [0.5, 0.6) is 0 Å². The van der Waals surface area contributed by atoms with Gasteiger partial charge >= 0.3 is 0 Å². The molecule has 4 rings (SSSR count). The third-order valence-corrected chi connectivity index (χ3v) is 3.99. The van der Waals surface area contributed by atoms with Crippen molar-refractivity contribution in [1.82, 2.24) is 24.3 Å². The summed E-state index contributed by atoms with van der Waals surface area (Å²) in [6, 6.07) is 9.10. The molecule has 4 aromatic rings. The zero-order valence-electron chi connectivity index (χ0n) is 13.5. The van der Waals surface area contributed by atoms with E-state index in [1.807, 2.05) is 18.2 Å². The summed E-state index contributed by atoms with van der Waals surface area (Å²) >= 11 is 0. The first-order valence-corrected chi connectivity index (χ1v) is 7.87. The molecule has 0 unspecified atom stereocenters. The van der Waals surface area contributed by atoms with E-state index in [1.165, 1.54) is 12.4 Å². The lowest BCUT2D eigenvalue weighted by molar-refractivity contribution is 0.541. The predicted octanol–water partition coefficient (Wildman–Crippen LogP) is 2.36. The highest BCUT2D eigenvalue weighted by molar-refractivity contribution is 5.72. The number of rotatable bonds is 4. The first kappa shape index (κ1) is 16.1. The highest BCUT2D eigenvalue weighted by Gasteiger charge is 2.13. The molecule has 130 valence electrons. The van der Waals surface area contributed by atoms with Crippen LogP contribution in [-0.4, -0.2) is 24.3 Å². The van der Waals surface area contributed by atoms with Crippen LogP contribution in [0.4, 0.5) is 8.78 Å². The van der Waals surface area contributed by atoms with Gasteiger partial charge < -0.3 is 0 Å². The van der Waals surface area contributed by atoms with Crippen LogP contribution in [0.25, 0.3) is 11.0 Å². The van der Waals surface area contributed by atoms with Gasteiger partial charge in [0, 0.05) is 18.0 Å². The molecule has 0 saturated carbocycles. The van der Waals surface area contributed by atoms with Gasteiger partial charge in [0.15, 0.2) is 5.65 Å². The summed E-state index contributed by atoms with van der Waals surface area (Å²) in [6.07, 6.45) is 4.48. The second-order valence-corrected chi connectivity index (χ2v) is 5.76. The number of nitrogens with zero attached hydrogens (tertiary/aromatic N) is 5. The Hall–Kier alpha value is -3.42. The SMILES string of the molecule is O=c1c2cn(Cc3ccccn3)nc2ncn1Cc1c(F)cccc1F.